The number of imide groups is 1. The first kappa shape index (κ1) is 23.4. The van der Waals surface area contributed by atoms with Crippen LogP contribution < -0.4 is 4.90 Å². The van der Waals surface area contributed by atoms with Crippen molar-refractivity contribution < 1.29 is 28.2 Å². The van der Waals surface area contributed by atoms with Gasteiger partial charge in [0.1, 0.15) is 23.1 Å². The van der Waals surface area contributed by atoms with Gasteiger partial charge in [-0.2, -0.15) is 4.90 Å². The summed E-state index contributed by atoms with van der Waals surface area (Å²) in [6.45, 7) is 10.1. The van der Waals surface area contributed by atoms with Crippen molar-refractivity contribution in [3.63, 3.8) is 0 Å². The zero-order valence-corrected chi connectivity index (χ0v) is 19.6. The highest BCUT2D eigenvalue weighted by atomic mass is 127. The standard InChI is InChI=1S/C20H26FIN2O5/c1-19(2,3)28-17(26)24(18(27)29-20(4,5)6)15-9-10-23(16(15)25)14-8-7-12(22)11-13(14)21/h7-8,11,15H,9-10H2,1-6H3/t15-/m0/s1. The summed E-state index contributed by atoms with van der Waals surface area (Å²) in [7, 11) is 0. The molecule has 0 spiro atoms. The Kier molecular flexibility index (Phi) is 6.81. The van der Waals surface area contributed by atoms with Crippen molar-refractivity contribution >= 4 is 46.4 Å². The van der Waals surface area contributed by atoms with E-state index in [1.165, 1.54) is 17.0 Å². The highest BCUT2D eigenvalue weighted by Gasteiger charge is 2.45. The van der Waals surface area contributed by atoms with Crippen LogP contribution in [0.1, 0.15) is 48.0 Å². The summed E-state index contributed by atoms with van der Waals surface area (Å²) in [5, 5.41) is 0. The van der Waals surface area contributed by atoms with Gasteiger partial charge < -0.3 is 14.4 Å². The van der Waals surface area contributed by atoms with Gasteiger partial charge in [0.15, 0.2) is 0 Å². The van der Waals surface area contributed by atoms with Crippen LogP contribution in [0, 0.1) is 9.39 Å². The number of rotatable bonds is 2. The number of nitrogens with zero attached hydrogens (tertiary/aromatic N) is 2. The van der Waals surface area contributed by atoms with Gasteiger partial charge >= 0.3 is 12.2 Å². The molecule has 3 amide bonds. The largest absolute Gasteiger partial charge is 0.443 e. The van der Waals surface area contributed by atoms with Crippen LogP contribution in [0.15, 0.2) is 18.2 Å². The molecule has 0 aromatic heterocycles. The number of hydrogen-bond acceptors (Lipinski definition) is 5. The van der Waals surface area contributed by atoms with Crippen LogP contribution in [0.2, 0.25) is 0 Å². The third-order valence-electron chi connectivity index (χ3n) is 3.87. The lowest BCUT2D eigenvalue weighted by Crippen LogP contribution is -2.51. The molecule has 0 saturated carbocycles. The molecule has 29 heavy (non-hydrogen) atoms. The summed E-state index contributed by atoms with van der Waals surface area (Å²) in [6, 6.07) is 3.36. The van der Waals surface area contributed by atoms with E-state index < -0.39 is 41.2 Å². The number of anilines is 1. The monoisotopic (exact) mass is 520 g/mol. The smallest absolute Gasteiger partial charge is 0.420 e. The fraction of sp³-hybridized carbons (Fsp3) is 0.550. The van der Waals surface area contributed by atoms with Gasteiger partial charge in [0.2, 0.25) is 0 Å². The topological polar surface area (TPSA) is 76.2 Å². The van der Waals surface area contributed by atoms with E-state index in [-0.39, 0.29) is 18.7 Å². The third kappa shape index (κ3) is 6.03. The molecule has 1 fully saturated rings. The van der Waals surface area contributed by atoms with Gasteiger partial charge in [-0.15, -0.1) is 0 Å². The zero-order chi connectivity index (χ0) is 22.1. The van der Waals surface area contributed by atoms with E-state index in [1.54, 1.807) is 47.6 Å². The van der Waals surface area contributed by atoms with Crippen molar-refractivity contribution in [3.05, 3.63) is 27.6 Å². The molecule has 160 valence electrons. The van der Waals surface area contributed by atoms with Crippen LogP contribution in [-0.4, -0.2) is 46.8 Å². The zero-order valence-electron chi connectivity index (χ0n) is 17.4. The van der Waals surface area contributed by atoms with E-state index in [2.05, 4.69) is 0 Å². The Morgan fingerprint density at radius 3 is 2.07 bits per heavy atom. The Morgan fingerprint density at radius 2 is 1.62 bits per heavy atom. The summed E-state index contributed by atoms with van der Waals surface area (Å²) >= 11 is 1.97. The number of ether oxygens (including phenoxy) is 2. The fourth-order valence-electron chi connectivity index (χ4n) is 2.80. The maximum atomic E-state index is 14.4. The summed E-state index contributed by atoms with van der Waals surface area (Å²) in [4.78, 5) is 40.4. The maximum Gasteiger partial charge on any atom is 0.420 e. The SMILES string of the molecule is CC(C)(C)OC(=O)N(C(=O)OC(C)(C)C)[C@H]1CCN(c2ccc(I)cc2F)C1=O. The number of benzene rings is 1. The minimum absolute atomic E-state index is 0.103. The lowest BCUT2D eigenvalue weighted by atomic mass is 10.2. The molecule has 1 atom stereocenters. The molecule has 1 aromatic rings. The molecule has 0 aliphatic carbocycles. The molecule has 1 saturated heterocycles. The molecule has 9 heteroatoms. The first-order valence-corrected chi connectivity index (χ1v) is 10.3. The van der Waals surface area contributed by atoms with Crippen molar-refractivity contribution in [2.24, 2.45) is 0 Å². The molecule has 1 aromatic carbocycles. The van der Waals surface area contributed by atoms with Crippen molar-refractivity contribution in [3.8, 4) is 0 Å². The van der Waals surface area contributed by atoms with E-state index in [9.17, 15) is 18.8 Å². The summed E-state index contributed by atoms with van der Waals surface area (Å²) in [5.74, 6) is -1.12. The number of carbonyl (C=O) groups is 3. The van der Waals surface area contributed by atoms with Crippen molar-refractivity contribution in [2.75, 3.05) is 11.4 Å². The number of carbonyl (C=O) groups excluding carboxylic acids is 3. The number of halogens is 2. The molecule has 2 rings (SSSR count). The molecule has 1 aliphatic rings. The maximum absolute atomic E-state index is 14.4. The highest BCUT2D eigenvalue weighted by molar-refractivity contribution is 14.1. The quantitative estimate of drug-likeness (QED) is 0.529. The lowest BCUT2D eigenvalue weighted by Gasteiger charge is -2.31. The van der Waals surface area contributed by atoms with E-state index in [0.29, 0.717) is 8.47 Å². The van der Waals surface area contributed by atoms with E-state index in [1.807, 2.05) is 22.6 Å². The van der Waals surface area contributed by atoms with E-state index in [0.717, 1.165) is 0 Å². The van der Waals surface area contributed by atoms with Gasteiger partial charge in [-0.3, -0.25) is 4.79 Å². The molecule has 0 radical (unpaired) electrons. The second-order valence-electron chi connectivity index (χ2n) is 8.72. The average Bonchev–Trinajstić information content (AvgIpc) is 2.85. The average molecular weight is 520 g/mol. The molecule has 7 nitrogen and oxygen atoms in total. The minimum atomic E-state index is -1.14. The van der Waals surface area contributed by atoms with Gasteiger partial charge in [0.05, 0.1) is 5.69 Å². The van der Waals surface area contributed by atoms with Gasteiger partial charge in [0, 0.05) is 10.1 Å². The Hall–Kier alpha value is -1.91. The van der Waals surface area contributed by atoms with Crippen molar-refractivity contribution in [2.45, 2.75) is 65.2 Å². The minimum Gasteiger partial charge on any atom is -0.443 e. The molecule has 0 N–H and O–H groups in total. The van der Waals surface area contributed by atoms with E-state index in [4.69, 9.17) is 9.47 Å². The van der Waals surface area contributed by atoms with Crippen molar-refractivity contribution in [1.29, 1.82) is 0 Å². The third-order valence-corrected chi connectivity index (χ3v) is 4.54. The molecular formula is C20H26FIN2O5. The van der Waals surface area contributed by atoms with Crippen LogP contribution in [0.5, 0.6) is 0 Å². The van der Waals surface area contributed by atoms with Crippen LogP contribution in [0.4, 0.5) is 19.7 Å². The Labute approximate surface area is 183 Å². The Balaban J connectivity index is 2.34. The van der Waals surface area contributed by atoms with Crippen LogP contribution in [0.3, 0.4) is 0 Å². The van der Waals surface area contributed by atoms with Crippen LogP contribution in [0.25, 0.3) is 0 Å². The molecular weight excluding hydrogens is 494 g/mol. The summed E-state index contributed by atoms with van der Waals surface area (Å²) < 4.78 is 25.7. The predicted octanol–water partition coefficient (Wildman–Crippen LogP) is 4.71. The number of amides is 3. The fourth-order valence-corrected chi connectivity index (χ4v) is 3.25. The lowest BCUT2D eigenvalue weighted by molar-refractivity contribution is -0.121. The normalized spacial score (nSPS) is 17.3. The van der Waals surface area contributed by atoms with Crippen LogP contribution >= 0.6 is 22.6 Å². The van der Waals surface area contributed by atoms with Gasteiger partial charge in [-0.25, -0.2) is 14.0 Å². The Bertz CT molecular complexity index is 788. The second-order valence-corrected chi connectivity index (χ2v) is 9.97. The summed E-state index contributed by atoms with van der Waals surface area (Å²) in [5.41, 5.74) is -1.65. The molecule has 0 unspecified atom stereocenters. The molecule has 1 heterocycles. The summed E-state index contributed by atoms with van der Waals surface area (Å²) in [6.07, 6.45) is -1.81. The first-order valence-electron chi connectivity index (χ1n) is 9.21. The number of hydrogen-bond donors (Lipinski definition) is 0. The van der Waals surface area contributed by atoms with Crippen LogP contribution in [-0.2, 0) is 14.3 Å². The first-order chi connectivity index (χ1) is 13.2. The predicted molar refractivity (Wildman–Crippen MR) is 114 cm³/mol. The molecule has 0 bridgehead atoms. The van der Waals surface area contributed by atoms with E-state index >= 15 is 0 Å². The van der Waals surface area contributed by atoms with Crippen molar-refractivity contribution in [1.82, 2.24) is 4.90 Å². The van der Waals surface area contributed by atoms with Gasteiger partial charge in [-0.05, 0) is 88.8 Å². The highest BCUT2D eigenvalue weighted by Crippen LogP contribution is 2.29. The second kappa shape index (κ2) is 8.45. The van der Waals surface area contributed by atoms with Gasteiger partial charge in [-0.1, -0.05) is 0 Å². The Morgan fingerprint density at radius 1 is 1.10 bits per heavy atom. The molecule has 1 aliphatic heterocycles. The van der Waals surface area contributed by atoms with Gasteiger partial charge in [0.25, 0.3) is 5.91 Å².